The van der Waals surface area contributed by atoms with E-state index in [1.54, 1.807) is 6.20 Å². The zero-order valence-electron chi connectivity index (χ0n) is 16.9. The molecule has 0 spiro atoms. The molecule has 1 aliphatic heterocycles. The second kappa shape index (κ2) is 8.95. The van der Waals surface area contributed by atoms with Crippen molar-refractivity contribution in [3.63, 3.8) is 0 Å². The van der Waals surface area contributed by atoms with E-state index in [1.165, 1.54) is 30.5 Å². The molecule has 0 bridgehead atoms. The lowest BCUT2D eigenvalue weighted by atomic mass is 10.1. The molecule has 1 aliphatic rings. The van der Waals surface area contributed by atoms with Gasteiger partial charge in [0.1, 0.15) is 0 Å². The van der Waals surface area contributed by atoms with Crippen LogP contribution in [0, 0.1) is 6.92 Å². The Morgan fingerprint density at radius 2 is 1.76 bits per heavy atom. The maximum absolute atomic E-state index is 12.3. The van der Waals surface area contributed by atoms with E-state index in [9.17, 15) is 4.79 Å². The molecule has 0 atom stereocenters. The first kappa shape index (κ1) is 19.2. The van der Waals surface area contributed by atoms with Gasteiger partial charge in [0, 0.05) is 42.9 Å². The second-order valence-corrected chi connectivity index (χ2v) is 7.63. The van der Waals surface area contributed by atoms with Gasteiger partial charge in [-0.05, 0) is 50.5 Å². The van der Waals surface area contributed by atoms with Crippen molar-refractivity contribution < 1.29 is 9.21 Å². The molecular formula is C24H27N3O2. The lowest BCUT2D eigenvalue weighted by Crippen LogP contribution is -2.29. The summed E-state index contributed by atoms with van der Waals surface area (Å²) in [6.45, 7) is 4.29. The number of carbonyl (C=O) groups excluding carboxylic acids is 1. The summed E-state index contributed by atoms with van der Waals surface area (Å²) in [5.74, 6) is 1.27. The van der Waals surface area contributed by atoms with E-state index in [0.29, 0.717) is 18.7 Å². The van der Waals surface area contributed by atoms with Crippen LogP contribution in [-0.2, 0) is 11.2 Å². The Balaban J connectivity index is 1.28. The predicted octanol–water partition coefficient (Wildman–Crippen LogP) is 5.21. The molecule has 0 unspecified atom stereocenters. The third-order valence-corrected chi connectivity index (χ3v) is 5.33. The summed E-state index contributed by atoms with van der Waals surface area (Å²) in [6, 6.07) is 16.2. The summed E-state index contributed by atoms with van der Waals surface area (Å²) >= 11 is 0. The largest absolute Gasteiger partial charge is 0.441 e. The Bertz CT molecular complexity index is 939. The molecule has 1 N–H and O–H groups in total. The number of hydrogen-bond donors (Lipinski definition) is 1. The smallest absolute Gasteiger partial charge is 0.224 e. The van der Waals surface area contributed by atoms with Crippen molar-refractivity contribution in [2.75, 3.05) is 23.3 Å². The molecule has 3 aromatic rings. The Morgan fingerprint density at radius 1 is 1.03 bits per heavy atom. The highest BCUT2D eigenvalue weighted by Gasteiger charge is 2.12. The lowest BCUT2D eigenvalue weighted by molar-refractivity contribution is -0.116. The summed E-state index contributed by atoms with van der Waals surface area (Å²) in [7, 11) is 0. The highest BCUT2D eigenvalue weighted by atomic mass is 16.4. The fourth-order valence-electron chi connectivity index (χ4n) is 3.63. The standard InChI is InChI=1S/C24H27N3O2/c1-18-5-7-19(8-6-18)22-17-25-24(29-22)14-13-23(28)26-20-9-11-21(12-10-20)27-15-3-2-4-16-27/h5-12,17H,2-4,13-16H2,1H3,(H,26,28). The average molecular weight is 389 g/mol. The first-order chi connectivity index (χ1) is 14.2. The molecule has 2 heterocycles. The Hall–Kier alpha value is -3.08. The SMILES string of the molecule is Cc1ccc(-c2cnc(CCC(=O)Nc3ccc(N4CCCCC4)cc3)o2)cc1. The van der Waals surface area contributed by atoms with Crippen molar-refractivity contribution in [3.8, 4) is 11.3 Å². The number of amides is 1. The van der Waals surface area contributed by atoms with E-state index in [1.807, 2.05) is 36.4 Å². The van der Waals surface area contributed by atoms with Crippen LogP contribution >= 0.6 is 0 Å². The number of oxazole rings is 1. The molecule has 1 aromatic heterocycles. The molecule has 5 heteroatoms. The van der Waals surface area contributed by atoms with Crippen molar-refractivity contribution in [1.29, 1.82) is 0 Å². The molecule has 29 heavy (non-hydrogen) atoms. The van der Waals surface area contributed by atoms with E-state index >= 15 is 0 Å². The number of nitrogens with zero attached hydrogens (tertiary/aromatic N) is 2. The van der Waals surface area contributed by atoms with Gasteiger partial charge in [0.2, 0.25) is 5.91 Å². The highest BCUT2D eigenvalue weighted by Crippen LogP contribution is 2.23. The fourth-order valence-corrected chi connectivity index (χ4v) is 3.63. The number of piperidine rings is 1. The van der Waals surface area contributed by atoms with Gasteiger partial charge in [-0.15, -0.1) is 0 Å². The fraction of sp³-hybridized carbons (Fsp3) is 0.333. The number of carbonyl (C=O) groups is 1. The number of nitrogens with one attached hydrogen (secondary N) is 1. The van der Waals surface area contributed by atoms with Gasteiger partial charge in [0.05, 0.1) is 6.20 Å². The molecule has 0 saturated carbocycles. The minimum absolute atomic E-state index is 0.0363. The van der Waals surface area contributed by atoms with Crippen molar-refractivity contribution in [1.82, 2.24) is 4.98 Å². The van der Waals surface area contributed by atoms with Crippen LogP contribution in [0.3, 0.4) is 0 Å². The van der Waals surface area contributed by atoms with Crippen LogP contribution in [0.2, 0.25) is 0 Å². The summed E-state index contributed by atoms with van der Waals surface area (Å²) in [6.07, 6.45) is 6.36. The Morgan fingerprint density at radius 3 is 2.48 bits per heavy atom. The lowest BCUT2D eigenvalue weighted by Gasteiger charge is -2.28. The van der Waals surface area contributed by atoms with Crippen LogP contribution in [0.4, 0.5) is 11.4 Å². The van der Waals surface area contributed by atoms with Crippen molar-refractivity contribution in [2.45, 2.75) is 39.0 Å². The van der Waals surface area contributed by atoms with Crippen molar-refractivity contribution in [2.24, 2.45) is 0 Å². The molecule has 2 aromatic carbocycles. The molecule has 4 rings (SSSR count). The van der Waals surface area contributed by atoms with Gasteiger partial charge >= 0.3 is 0 Å². The molecule has 5 nitrogen and oxygen atoms in total. The number of rotatable bonds is 6. The highest BCUT2D eigenvalue weighted by molar-refractivity contribution is 5.91. The number of hydrogen-bond acceptors (Lipinski definition) is 4. The summed E-state index contributed by atoms with van der Waals surface area (Å²) in [4.78, 5) is 19.0. The van der Waals surface area contributed by atoms with E-state index in [4.69, 9.17) is 4.42 Å². The maximum Gasteiger partial charge on any atom is 0.224 e. The summed E-state index contributed by atoms with van der Waals surface area (Å²) in [5, 5.41) is 2.96. The third-order valence-electron chi connectivity index (χ3n) is 5.33. The van der Waals surface area contributed by atoms with Gasteiger partial charge < -0.3 is 14.6 Å². The molecule has 0 aliphatic carbocycles. The van der Waals surface area contributed by atoms with Crippen LogP contribution in [-0.4, -0.2) is 24.0 Å². The number of anilines is 2. The van der Waals surface area contributed by atoms with E-state index in [2.05, 4.69) is 34.3 Å². The first-order valence-electron chi connectivity index (χ1n) is 10.3. The van der Waals surface area contributed by atoms with Gasteiger partial charge in [-0.3, -0.25) is 4.79 Å². The van der Waals surface area contributed by atoms with Crippen molar-refractivity contribution >= 4 is 17.3 Å². The molecule has 0 radical (unpaired) electrons. The number of aromatic nitrogens is 1. The monoisotopic (exact) mass is 389 g/mol. The summed E-state index contributed by atoms with van der Waals surface area (Å²) in [5.41, 5.74) is 4.25. The van der Waals surface area contributed by atoms with E-state index < -0.39 is 0 Å². The Kier molecular flexibility index (Phi) is 5.94. The van der Waals surface area contributed by atoms with Gasteiger partial charge in [-0.25, -0.2) is 4.98 Å². The zero-order valence-corrected chi connectivity index (χ0v) is 16.9. The Labute approximate surface area is 171 Å². The molecule has 1 amide bonds. The van der Waals surface area contributed by atoms with Crippen LogP contribution in [0.15, 0.2) is 59.1 Å². The average Bonchev–Trinajstić information content (AvgIpc) is 3.23. The predicted molar refractivity (Wildman–Crippen MR) is 116 cm³/mol. The van der Waals surface area contributed by atoms with E-state index in [-0.39, 0.29) is 5.91 Å². The van der Waals surface area contributed by atoms with E-state index in [0.717, 1.165) is 30.1 Å². The van der Waals surface area contributed by atoms with Crippen LogP contribution < -0.4 is 10.2 Å². The second-order valence-electron chi connectivity index (χ2n) is 7.63. The quantitative estimate of drug-likeness (QED) is 0.629. The number of aryl methyl sites for hydroxylation is 2. The number of benzene rings is 2. The maximum atomic E-state index is 12.3. The van der Waals surface area contributed by atoms with Gasteiger partial charge in [0.25, 0.3) is 0 Å². The molecule has 1 fully saturated rings. The summed E-state index contributed by atoms with van der Waals surface area (Å²) < 4.78 is 5.80. The van der Waals surface area contributed by atoms with Crippen LogP contribution in [0.25, 0.3) is 11.3 Å². The first-order valence-corrected chi connectivity index (χ1v) is 10.3. The third kappa shape index (κ3) is 5.05. The molecule has 1 saturated heterocycles. The van der Waals surface area contributed by atoms with Gasteiger partial charge in [-0.1, -0.05) is 29.8 Å². The van der Waals surface area contributed by atoms with Gasteiger partial charge in [-0.2, -0.15) is 0 Å². The molecule has 150 valence electrons. The minimum Gasteiger partial charge on any atom is -0.441 e. The van der Waals surface area contributed by atoms with Crippen LogP contribution in [0.1, 0.15) is 37.1 Å². The zero-order chi connectivity index (χ0) is 20.1. The topological polar surface area (TPSA) is 58.4 Å². The van der Waals surface area contributed by atoms with Gasteiger partial charge in [0.15, 0.2) is 11.7 Å². The van der Waals surface area contributed by atoms with Crippen LogP contribution in [0.5, 0.6) is 0 Å². The molecular weight excluding hydrogens is 362 g/mol. The minimum atomic E-state index is -0.0363. The van der Waals surface area contributed by atoms with Crippen molar-refractivity contribution in [3.05, 3.63) is 66.2 Å². The normalized spacial score (nSPS) is 14.0.